The third-order valence-electron chi connectivity index (χ3n) is 9.78. The van der Waals surface area contributed by atoms with Crippen LogP contribution in [0.3, 0.4) is 0 Å². The van der Waals surface area contributed by atoms with Crippen LogP contribution in [0.15, 0.2) is 152 Å². The van der Waals surface area contributed by atoms with E-state index in [1.54, 1.807) is 0 Å². The van der Waals surface area contributed by atoms with Crippen LogP contribution in [-0.2, 0) is 26.1 Å². The zero-order valence-corrected chi connectivity index (χ0v) is 33.0. The molecular formula is C50H53BrO3. The second kappa shape index (κ2) is 21.8. The Morgan fingerprint density at radius 1 is 0.333 bits per heavy atom. The molecule has 6 rings (SSSR count). The summed E-state index contributed by atoms with van der Waals surface area (Å²) < 4.78 is 18.4. The summed E-state index contributed by atoms with van der Waals surface area (Å²) in [5.41, 5.74) is 9.81. The average molecular weight is 782 g/mol. The second-order valence-corrected chi connectivity index (χ2v) is 14.8. The molecular weight excluding hydrogens is 728 g/mol. The molecule has 0 radical (unpaired) electrons. The Morgan fingerprint density at radius 3 is 1.28 bits per heavy atom. The molecule has 0 saturated heterocycles. The molecule has 0 aliphatic rings. The van der Waals surface area contributed by atoms with E-state index in [0.717, 1.165) is 70.7 Å². The first-order valence-electron chi connectivity index (χ1n) is 19.7. The van der Waals surface area contributed by atoms with E-state index in [1.807, 2.05) is 42.5 Å². The van der Waals surface area contributed by atoms with E-state index in [4.69, 9.17) is 14.2 Å². The van der Waals surface area contributed by atoms with Crippen LogP contribution in [0.5, 0.6) is 17.2 Å². The number of rotatable bonds is 22. The van der Waals surface area contributed by atoms with Gasteiger partial charge in [-0.3, -0.25) is 0 Å². The molecule has 0 spiro atoms. The van der Waals surface area contributed by atoms with Crippen molar-refractivity contribution in [3.8, 4) is 39.5 Å². The van der Waals surface area contributed by atoms with Crippen molar-refractivity contribution in [3.05, 3.63) is 174 Å². The van der Waals surface area contributed by atoms with Crippen molar-refractivity contribution in [1.29, 1.82) is 0 Å². The molecule has 0 amide bonds. The normalized spacial score (nSPS) is 11.0. The van der Waals surface area contributed by atoms with Gasteiger partial charge in [-0.1, -0.05) is 163 Å². The summed E-state index contributed by atoms with van der Waals surface area (Å²) >= 11 is 3.50. The van der Waals surface area contributed by atoms with Gasteiger partial charge in [-0.25, -0.2) is 0 Å². The van der Waals surface area contributed by atoms with Crippen molar-refractivity contribution in [2.45, 2.75) is 77.4 Å². The summed E-state index contributed by atoms with van der Waals surface area (Å²) in [6.45, 7) is 1.81. The molecule has 3 nitrogen and oxygen atoms in total. The topological polar surface area (TPSA) is 27.7 Å². The van der Waals surface area contributed by atoms with Crippen LogP contribution in [0.1, 0.15) is 73.6 Å². The number of hydrogen-bond donors (Lipinski definition) is 0. The number of aryl methyl sites for hydroxylation is 2. The van der Waals surface area contributed by atoms with Crippen molar-refractivity contribution in [2.75, 3.05) is 11.9 Å². The summed E-state index contributed by atoms with van der Waals surface area (Å²) in [7, 11) is 0. The Balaban J connectivity index is 0.931. The maximum atomic E-state index is 6.25. The van der Waals surface area contributed by atoms with Crippen LogP contribution in [0, 0.1) is 0 Å². The minimum Gasteiger partial charge on any atom is -0.494 e. The third kappa shape index (κ3) is 13.0. The molecule has 54 heavy (non-hydrogen) atoms. The summed E-state index contributed by atoms with van der Waals surface area (Å²) in [4.78, 5) is 0. The maximum Gasteiger partial charge on any atom is 0.124 e. The fraction of sp³-hybridized carbons (Fsp3) is 0.280. The molecule has 0 bridgehead atoms. The molecule has 0 atom stereocenters. The van der Waals surface area contributed by atoms with Crippen molar-refractivity contribution in [2.24, 2.45) is 0 Å². The van der Waals surface area contributed by atoms with Crippen LogP contribution >= 0.6 is 15.9 Å². The Kier molecular flexibility index (Phi) is 15.7. The van der Waals surface area contributed by atoms with E-state index in [9.17, 15) is 0 Å². The van der Waals surface area contributed by atoms with Gasteiger partial charge in [0.15, 0.2) is 0 Å². The monoisotopic (exact) mass is 780 g/mol. The zero-order chi connectivity index (χ0) is 37.0. The van der Waals surface area contributed by atoms with Crippen LogP contribution in [0.2, 0.25) is 0 Å². The number of hydrogen-bond acceptors (Lipinski definition) is 3. The number of ether oxygens (including phenoxy) is 3. The first-order chi connectivity index (χ1) is 26.7. The van der Waals surface area contributed by atoms with Crippen molar-refractivity contribution >= 4 is 15.9 Å². The lowest BCUT2D eigenvalue weighted by Gasteiger charge is -2.13. The fourth-order valence-electron chi connectivity index (χ4n) is 6.61. The van der Waals surface area contributed by atoms with E-state index in [2.05, 4.69) is 125 Å². The molecule has 4 heteroatoms. The number of halogens is 1. The van der Waals surface area contributed by atoms with Gasteiger partial charge < -0.3 is 14.2 Å². The van der Waals surface area contributed by atoms with Crippen LogP contribution in [0.25, 0.3) is 22.3 Å². The quantitative estimate of drug-likeness (QED) is 0.0507. The Morgan fingerprint density at radius 2 is 0.778 bits per heavy atom. The number of unbranched alkanes of at least 4 members (excludes halogenated alkanes) is 6. The van der Waals surface area contributed by atoms with Gasteiger partial charge in [-0.2, -0.15) is 0 Å². The smallest absolute Gasteiger partial charge is 0.124 e. The molecule has 0 aromatic heterocycles. The van der Waals surface area contributed by atoms with Crippen molar-refractivity contribution in [1.82, 2.24) is 0 Å². The number of benzene rings is 6. The Bertz CT molecular complexity index is 1860. The zero-order valence-electron chi connectivity index (χ0n) is 31.4. The minimum atomic E-state index is 0.512. The summed E-state index contributed by atoms with van der Waals surface area (Å²) in [5, 5.41) is 1.09. The molecule has 6 aromatic carbocycles. The van der Waals surface area contributed by atoms with Crippen molar-refractivity contribution < 1.29 is 14.2 Å². The van der Waals surface area contributed by atoms with Gasteiger partial charge >= 0.3 is 0 Å². The van der Waals surface area contributed by atoms with Gasteiger partial charge in [0.1, 0.15) is 30.5 Å². The largest absolute Gasteiger partial charge is 0.494 e. The molecule has 0 aliphatic heterocycles. The lowest BCUT2D eigenvalue weighted by molar-refractivity contribution is 0.290. The molecule has 0 unspecified atom stereocenters. The van der Waals surface area contributed by atoms with E-state index in [1.165, 1.54) is 67.2 Å². The first kappa shape index (κ1) is 38.9. The minimum absolute atomic E-state index is 0.512. The molecule has 6 aromatic rings. The maximum absolute atomic E-state index is 6.25. The highest BCUT2D eigenvalue weighted by atomic mass is 79.9. The van der Waals surface area contributed by atoms with E-state index in [-0.39, 0.29) is 0 Å². The van der Waals surface area contributed by atoms with Crippen LogP contribution in [-0.4, -0.2) is 11.9 Å². The highest BCUT2D eigenvalue weighted by Crippen LogP contribution is 2.32. The fourth-order valence-corrected chi connectivity index (χ4v) is 7.01. The van der Waals surface area contributed by atoms with Crippen LogP contribution in [0.4, 0.5) is 0 Å². The molecule has 0 N–H and O–H groups in total. The molecule has 0 aliphatic carbocycles. The van der Waals surface area contributed by atoms with Gasteiger partial charge in [0.25, 0.3) is 0 Å². The highest BCUT2D eigenvalue weighted by Gasteiger charge is 2.08. The summed E-state index contributed by atoms with van der Waals surface area (Å²) in [6, 6.07) is 53.4. The molecule has 278 valence electrons. The molecule has 0 fully saturated rings. The summed E-state index contributed by atoms with van der Waals surface area (Å²) in [5.74, 6) is 2.56. The standard InChI is InChI=1S/C50H53BrO3/c51-33-13-3-4-14-34-52-48-31-29-45(30-32-48)44-25-21-40(22-26-44)15-7-1-2-8-16-41-23-27-46(28-24-41)47-35-49(53-38-42-17-9-5-10-18-42)37-50(36-47)54-39-43-19-11-6-12-20-43/h5-6,9-12,17-32,35-37H,1-4,7-8,13-16,33-34,38-39H2. The lowest BCUT2D eigenvalue weighted by atomic mass is 9.99. The Labute approximate surface area is 331 Å². The van der Waals surface area contributed by atoms with Gasteiger partial charge in [0.05, 0.1) is 6.61 Å². The van der Waals surface area contributed by atoms with Gasteiger partial charge in [0.2, 0.25) is 0 Å². The highest BCUT2D eigenvalue weighted by molar-refractivity contribution is 9.09. The van der Waals surface area contributed by atoms with Gasteiger partial charge in [0, 0.05) is 11.4 Å². The predicted octanol–water partition coefficient (Wildman–Crippen LogP) is 13.9. The predicted molar refractivity (Wildman–Crippen MR) is 229 cm³/mol. The average Bonchev–Trinajstić information content (AvgIpc) is 3.23. The SMILES string of the molecule is BrCCCCCCOc1ccc(-c2ccc(CCCCCCc3ccc(-c4cc(OCc5ccccc5)cc(OCc5ccccc5)c4)cc3)cc2)cc1. The van der Waals surface area contributed by atoms with Crippen LogP contribution < -0.4 is 14.2 Å². The van der Waals surface area contributed by atoms with Gasteiger partial charge in [-0.15, -0.1) is 0 Å². The Hall–Kier alpha value is -4.80. The molecule has 0 saturated carbocycles. The van der Waals surface area contributed by atoms with Crippen molar-refractivity contribution in [3.63, 3.8) is 0 Å². The lowest BCUT2D eigenvalue weighted by Crippen LogP contribution is -1.98. The van der Waals surface area contributed by atoms with Gasteiger partial charge in [-0.05, 0) is 107 Å². The summed E-state index contributed by atoms with van der Waals surface area (Å²) in [6.07, 6.45) is 12.0. The van der Waals surface area contributed by atoms with E-state index >= 15 is 0 Å². The van der Waals surface area contributed by atoms with E-state index < -0.39 is 0 Å². The molecule has 0 heterocycles. The van der Waals surface area contributed by atoms with E-state index in [0.29, 0.717) is 13.2 Å². The number of alkyl halides is 1. The third-order valence-corrected chi connectivity index (χ3v) is 10.3. The first-order valence-corrected chi connectivity index (χ1v) is 20.8. The second-order valence-electron chi connectivity index (χ2n) is 14.0.